The molecule has 1 aliphatic carbocycles. The van der Waals surface area contributed by atoms with Crippen molar-refractivity contribution in [1.29, 1.82) is 0 Å². The number of hydrogen-bond donors (Lipinski definition) is 2. The van der Waals surface area contributed by atoms with E-state index in [1.807, 2.05) is 0 Å². The Balaban J connectivity index is 2.40. The summed E-state index contributed by atoms with van der Waals surface area (Å²) in [5.74, 6) is -0.981. The first kappa shape index (κ1) is 10.8. The highest BCUT2D eigenvalue weighted by Gasteiger charge is 2.31. The van der Waals surface area contributed by atoms with Crippen LogP contribution in [0.15, 0.2) is 0 Å². The van der Waals surface area contributed by atoms with Gasteiger partial charge in [-0.2, -0.15) is 0 Å². The minimum atomic E-state index is -0.981. The van der Waals surface area contributed by atoms with E-state index in [2.05, 4.69) is 5.32 Å². The van der Waals surface area contributed by atoms with Crippen molar-refractivity contribution in [3.05, 3.63) is 0 Å². The Labute approximate surface area is 83.1 Å². The standard InChI is InChI=1S/C9H16N2O3/c1-3-7(8(12)13)10-9(14)11(2)6-4-5-6/h6-7H,3-5H2,1-2H3,(H,10,14)(H,12,13). The van der Waals surface area contributed by atoms with Crippen LogP contribution in [0.2, 0.25) is 0 Å². The second-order valence-electron chi connectivity index (χ2n) is 3.59. The van der Waals surface area contributed by atoms with Crippen molar-refractivity contribution >= 4 is 12.0 Å². The predicted octanol–water partition coefficient (Wildman–Crippen LogP) is 0.653. The summed E-state index contributed by atoms with van der Waals surface area (Å²) >= 11 is 0. The Bertz CT molecular complexity index is 238. The number of aliphatic carboxylic acids is 1. The lowest BCUT2D eigenvalue weighted by atomic mass is 10.2. The lowest BCUT2D eigenvalue weighted by Crippen LogP contribution is -2.47. The number of carboxylic acids is 1. The monoisotopic (exact) mass is 200 g/mol. The minimum Gasteiger partial charge on any atom is -0.480 e. The molecule has 0 heterocycles. The molecule has 0 aromatic rings. The highest BCUT2D eigenvalue weighted by atomic mass is 16.4. The van der Waals surface area contributed by atoms with E-state index in [0.29, 0.717) is 12.5 Å². The number of hydrogen-bond acceptors (Lipinski definition) is 2. The van der Waals surface area contributed by atoms with Crippen LogP contribution in [0.25, 0.3) is 0 Å². The molecule has 1 atom stereocenters. The molecule has 1 rings (SSSR count). The maximum atomic E-state index is 11.4. The lowest BCUT2D eigenvalue weighted by Gasteiger charge is -2.20. The molecule has 14 heavy (non-hydrogen) atoms. The molecule has 5 nitrogen and oxygen atoms in total. The third kappa shape index (κ3) is 2.61. The van der Waals surface area contributed by atoms with Gasteiger partial charge in [0.2, 0.25) is 0 Å². The summed E-state index contributed by atoms with van der Waals surface area (Å²) in [5, 5.41) is 11.2. The van der Waals surface area contributed by atoms with E-state index in [1.165, 1.54) is 0 Å². The highest BCUT2D eigenvalue weighted by molar-refractivity contribution is 5.82. The van der Waals surface area contributed by atoms with Gasteiger partial charge in [-0.3, -0.25) is 0 Å². The molecule has 1 saturated carbocycles. The van der Waals surface area contributed by atoms with Crippen molar-refractivity contribution < 1.29 is 14.7 Å². The molecule has 2 amide bonds. The average Bonchev–Trinajstić information content (AvgIpc) is 2.95. The number of nitrogens with zero attached hydrogens (tertiary/aromatic N) is 1. The van der Waals surface area contributed by atoms with Crippen LogP contribution < -0.4 is 5.32 Å². The number of carbonyl (C=O) groups is 2. The predicted molar refractivity (Wildman–Crippen MR) is 51.0 cm³/mol. The van der Waals surface area contributed by atoms with E-state index in [9.17, 15) is 9.59 Å². The first-order valence-corrected chi connectivity index (χ1v) is 4.82. The van der Waals surface area contributed by atoms with Gasteiger partial charge in [0.1, 0.15) is 6.04 Å². The van der Waals surface area contributed by atoms with Crippen LogP contribution in [-0.2, 0) is 4.79 Å². The fourth-order valence-corrected chi connectivity index (χ4v) is 1.22. The molecular weight excluding hydrogens is 184 g/mol. The van der Waals surface area contributed by atoms with Crippen molar-refractivity contribution in [2.75, 3.05) is 7.05 Å². The fourth-order valence-electron chi connectivity index (χ4n) is 1.22. The summed E-state index contributed by atoms with van der Waals surface area (Å²) in [6.45, 7) is 1.73. The molecule has 0 bridgehead atoms. The molecule has 0 aromatic heterocycles. The van der Waals surface area contributed by atoms with Crippen molar-refractivity contribution in [1.82, 2.24) is 10.2 Å². The summed E-state index contributed by atoms with van der Waals surface area (Å²) in [4.78, 5) is 23.7. The van der Waals surface area contributed by atoms with Gasteiger partial charge in [-0.25, -0.2) is 9.59 Å². The number of urea groups is 1. The quantitative estimate of drug-likeness (QED) is 0.700. The van der Waals surface area contributed by atoms with Crippen LogP contribution in [0.1, 0.15) is 26.2 Å². The van der Waals surface area contributed by atoms with Crippen LogP contribution in [0.4, 0.5) is 4.79 Å². The first-order chi connectivity index (χ1) is 6.56. The van der Waals surface area contributed by atoms with Crippen LogP contribution in [0, 0.1) is 0 Å². The van der Waals surface area contributed by atoms with E-state index in [1.54, 1.807) is 18.9 Å². The van der Waals surface area contributed by atoms with Crippen molar-refractivity contribution in [3.63, 3.8) is 0 Å². The summed E-state index contributed by atoms with van der Waals surface area (Å²) in [5.41, 5.74) is 0. The number of nitrogens with one attached hydrogen (secondary N) is 1. The summed E-state index contributed by atoms with van der Waals surface area (Å²) < 4.78 is 0. The van der Waals surface area contributed by atoms with E-state index < -0.39 is 12.0 Å². The SMILES string of the molecule is CCC(NC(=O)N(C)C1CC1)C(=O)O. The molecule has 0 spiro atoms. The lowest BCUT2D eigenvalue weighted by molar-refractivity contribution is -0.139. The molecule has 80 valence electrons. The van der Waals surface area contributed by atoms with Crippen LogP contribution in [0.5, 0.6) is 0 Å². The zero-order valence-corrected chi connectivity index (χ0v) is 8.49. The largest absolute Gasteiger partial charge is 0.480 e. The molecule has 5 heteroatoms. The highest BCUT2D eigenvalue weighted by Crippen LogP contribution is 2.25. The van der Waals surface area contributed by atoms with E-state index in [-0.39, 0.29) is 6.03 Å². The maximum Gasteiger partial charge on any atom is 0.326 e. The molecule has 2 N–H and O–H groups in total. The summed E-state index contributed by atoms with van der Waals surface area (Å²) in [7, 11) is 1.70. The zero-order chi connectivity index (χ0) is 10.7. The van der Waals surface area contributed by atoms with Gasteiger partial charge >= 0.3 is 12.0 Å². The van der Waals surface area contributed by atoms with Crippen LogP contribution in [-0.4, -0.2) is 41.1 Å². The number of carbonyl (C=O) groups excluding carboxylic acids is 1. The number of rotatable bonds is 4. The second kappa shape index (κ2) is 4.30. The van der Waals surface area contributed by atoms with E-state index in [0.717, 1.165) is 12.8 Å². The van der Waals surface area contributed by atoms with Gasteiger partial charge in [-0.15, -0.1) is 0 Å². The summed E-state index contributed by atoms with van der Waals surface area (Å²) in [6, 6.07) is -0.758. The van der Waals surface area contributed by atoms with Gasteiger partial charge in [-0.1, -0.05) is 6.92 Å². The molecule has 1 aliphatic rings. The molecule has 0 radical (unpaired) electrons. The van der Waals surface area contributed by atoms with E-state index >= 15 is 0 Å². The van der Waals surface area contributed by atoms with Gasteiger partial charge in [0.15, 0.2) is 0 Å². The van der Waals surface area contributed by atoms with Gasteiger partial charge in [-0.05, 0) is 19.3 Å². The maximum absolute atomic E-state index is 11.4. The topological polar surface area (TPSA) is 69.6 Å². The third-order valence-electron chi connectivity index (χ3n) is 2.42. The minimum absolute atomic E-state index is 0.290. The molecule has 0 aliphatic heterocycles. The zero-order valence-electron chi connectivity index (χ0n) is 8.49. The van der Waals surface area contributed by atoms with Gasteiger partial charge in [0, 0.05) is 13.1 Å². The molecule has 0 saturated heterocycles. The summed E-state index contributed by atoms with van der Waals surface area (Å²) in [6.07, 6.45) is 2.45. The second-order valence-corrected chi connectivity index (χ2v) is 3.59. The Morgan fingerprint density at radius 2 is 2.14 bits per heavy atom. The van der Waals surface area contributed by atoms with E-state index in [4.69, 9.17) is 5.11 Å². The smallest absolute Gasteiger partial charge is 0.326 e. The average molecular weight is 200 g/mol. The Hall–Kier alpha value is -1.26. The Morgan fingerprint density at radius 3 is 2.50 bits per heavy atom. The molecule has 1 unspecified atom stereocenters. The number of carboxylic acid groups (broad SMARTS) is 1. The van der Waals surface area contributed by atoms with Crippen molar-refractivity contribution in [3.8, 4) is 0 Å². The Morgan fingerprint density at radius 1 is 1.57 bits per heavy atom. The molecular formula is C9H16N2O3. The normalized spacial score (nSPS) is 17.3. The number of amides is 2. The van der Waals surface area contributed by atoms with Crippen LogP contribution >= 0.6 is 0 Å². The van der Waals surface area contributed by atoms with Gasteiger partial charge in [0.05, 0.1) is 0 Å². The molecule has 0 aromatic carbocycles. The van der Waals surface area contributed by atoms with Crippen molar-refractivity contribution in [2.45, 2.75) is 38.3 Å². The van der Waals surface area contributed by atoms with Gasteiger partial charge < -0.3 is 15.3 Å². The van der Waals surface area contributed by atoms with Gasteiger partial charge in [0.25, 0.3) is 0 Å². The Kier molecular flexibility index (Phi) is 3.33. The fraction of sp³-hybridized carbons (Fsp3) is 0.778. The van der Waals surface area contributed by atoms with Crippen LogP contribution in [0.3, 0.4) is 0 Å². The third-order valence-corrected chi connectivity index (χ3v) is 2.42. The molecule has 1 fully saturated rings. The van der Waals surface area contributed by atoms with Crippen molar-refractivity contribution in [2.24, 2.45) is 0 Å². The first-order valence-electron chi connectivity index (χ1n) is 4.82.